The fourth-order valence-corrected chi connectivity index (χ4v) is 5.27. The molecule has 1 amide bonds. The number of piperidine rings is 1. The molecule has 2 N–H and O–H groups in total. The van der Waals surface area contributed by atoms with Crippen molar-refractivity contribution in [2.75, 3.05) is 18.4 Å². The van der Waals surface area contributed by atoms with Crippen LogP contribution >= 0.6 is 0 Å². The Hall–Kier alpha value is -5.42. The topological polar surface area (TPSA) is 131 Å². The number of carbonyl (C=O) groups is 2. The van der Waals surface area contributed by atoms with Crippen LogP contribution in [0.15, 0.2) is 102 Å². The Balaban J connectivity index is 1.08. The number of likely N-dealkylation sites (tertiary alicyclic amines) is 1. The number of anilines is 1. The van der Waals surface area contributed by atoms with Crippen LogP contribution in [0.2, 0.25) is 0 Å². The smallest absolute Gasteiger partial charge is 0.450 e. The highest BCUT2D eigenvalue weighted by molar-refractivity contribution is 5.98. The maximum atomic E-state index is 14.9. The van der Waals surface area contributed by atoms with Crippen molar-refractivity contribution < 1.29 is 28.3 Å². The molecule has 3 aromatic carbocycles. The van der Waals surface area contributed by atoms with Gasteiger partial charge in [-0.05, 0) is 35.4 Å². The van der Waals surface area contributed by atoms with E-state index in [-0.39, 0.29) is 24.5 Å². The van der Waals surface area contributed by atoms with Gasteiger partial charge in [0, 0.05) is 67.2 Å². The minimum absolute atomic E-state index is 0.215. The van der Waals surface area contributed by atoms with E-state index in [1.807, 2.05) is 54.6 Å². The molecule has 0 bridgehead atoms. The second-order valence-electron chi connectivity index (χ2n) is 10.5. The van der Waals surface area contributed by atoms with Gasteiger partial charge in [-0.2, -0.15) is 4.98 Å². The number of ether oxygens (including phenoxy) is 1. The lowest BCUT2D eigenvalue weighted by molar-refractivity contribution is -0.142. The van der Waals surface area contributed by atoms with Crippen molar-refractivity contribution in [2.45, 2.75) is 25.0 Å². The van der Waals surface area contributed by atoms with Crippen molar-refractivity contribution in [1.82, 2.24) is 20.0 Å². The zero-order valence-corrected chi connectivity index (χ0v) is 23.5. The largest absolute Gasteiger partial charge is 0.506 e. The zero-order chi connectivity index (χ0) is 30.5. The van der Waals surface area contributed by atoms with Crippen LogP contribution in [-0.4, -0.2) is 55.9 Å². The van der Waals surface area contributed by atoms with Gasteiger partial charge in [0.05, 0.1) is 0 Å². The highest BCUT2D eigenvalue weighted by Gasteiger charge is 2.45. The van der Waals surface area contributed by atoms with Gasteiger partial charge in [-0.3, -0.25) is 14.7 Å². The third kappa shape index (κ3) is 6.32. The molecule has 11 heteroatoms. The predicted molar refractivity (Wildman–Crippen MR) is 160 cm³/mol. The number of nitrogens with one attached hydrogen (secondary N) is 1. The molecule has 3 heterocycles. The SMILES string of the molecule is O=C(O)OC1(C(=O)Nc2ccncc2)CCN(Cc2ccc(-c3noc(-c4ccc(-c5ccccc5)c(F)c4)n3)cc2)CC1. The maximum absolute atomic E-state index is 14.9. The number of benzene rings is 3. The van der Waals surface area contributed by atoms with Crippen LogP contribution in [0.5, 0.6) is 0 Å². The number of pyridine rings is 1. The average molecular weight is 594 g/mol. The summed E-state index contributed by atoms with van der Waals surface area (Å²) in [6, 6.07) is 25.1. The van der Waals surface area contributed by atoms with Gasteiger partial charge in [-0.1, -0.05) is 65.8 Å². The molecule has 0 radical (unpaired) electrons. The van der Waals surface area contributed by atoms with E-state index in [4.69, 9.17) is 9.26 Å². The number of carbonyl (C=O) groups excluding carboxylic acids is 1. The van der Waals surface area contributed by atoms with E-state index in [9.17, 15) is 19.1 Å². The number of amides is 1. The number of hydrogen-bond donors (Lipinski definition) is 2. The van der Waals surface area contributed by atoms with Crippen LogP contribution in [0.25, 0.3) is 34.0 Å². The maximum Gasteiger partial charge on any atom is 0.506 e. The molecule has 1 saturated heterocycles. The van der Waals surface area contributed by atoms with E-state index in [0.29, 0.717) is 42.3 Å². The highest BCUT2D eigenvalue weighted by Crippen LogP contribution is 2.31. The first-order chi connectivity index (χ1) is 21.4. The normalized spacial score (nSPS) is 14.6. The number of hydrogen-bond acceptors (Lipinski definition) is 8. The van der Waals surface area contributed by atoms with Gasteiger partial charge in [0.1, 0.15) is 5.82 Å². The molecule has 6 rings (SSSR count). The van der Waals surface area contributed by atoms with Crippen molar-refractivity contribution >= 4 is 17.7 Å². The van der Waals surface area contributed by atoms with Crippen molar-refractivity contribution in [3.8, 4) is 34.0 Å². The minimum Gasteiger partial charge on any atom is -0.450 e. The van der Waals surface area contributed by atoms with Gasteiger partial charge in [0.2, 0.25) is 5.82 Å². The van der Waals surface area contributed by atoms with E-state index < -0.39 is 17.7 Å². The molecule has 0 aliphatic carbocycles. The summed E-state index contributed by atoms with van der Waals surface area (Å²) in [4.78, 5) is 35.1. The summed E-state index contributed by atoms with van der Waals surface area (Å²) < 4.78 is 25.5. The van der Waals surface area contributed by atoms with Gasteiger partial charge in [0.15, 0.2) is 5.60 Å². The Morgan fingerprint density at radius 3 is 2.32 bits per heavy atom. The van der Waals surface area contributed by atoms with Crippen LogP contribution in [-0.2, 0) is 16.1 Å². The monoisotopic (exact) mass is 593 g/mol. The van der Waals surface area contributed by atoms with Crippen LogP contribution in [0.4, 0.5) is 14.9 Å². The molecule has 0 unspecified atom stereocenters. The van der Waals surface area contributed by atoms with Gasteiger partial charge < -0.3 is 19.7 Å². The van der Waals surface area contributed by atoms with Crippen molar-refractivity contribution in [3.05, 3.63) is 109 Å². The Kier molecular flexibility index (Phi) is 8.11. The number of aromatic nitrogens is 3. The Labute approximate surface area is 252 Å². The standard InChI is InChI=1S/C33H28FN5O5/c34-28-20-25(10-11-27(28)23-4-2-1-3-5-23)30-37-29(38-44-30)24-8-6-22(7-9-24)21-39-18-14-33(15-19-39,43-32(41)42)31(40)36-26-12-16-35-17-13-26/h1-13,16-17,20H,14-15,18-19,21H2,(H,41,42)(H,35,36,40). The van der Waals surface area contributed by atoms with Crippen LogP contribution in [0.1, 0.15) is 18.4 Å². The molecule has 44 heavy (non-hydrogen) atoms. The third-order valence-electron chi connectivity index (χ3n) is 7.64. The summed E-state index contributed by atoms with van der Waals surface area (Å²) >= 11 is 0. The summed E-state index contributed by atoms with van der Waals surface area (Å²) in [7, 11) is 0. The molecule has 2 aromatic heterocycles. The molecule has 1 aliphatic heterocycles. The number of rotatable bonds is 8. The van der Waals surface area contributed by atoms with Gasteiger partial charge in [-0.25, -0.2) is 9.18 Å². The summed E-state index contributed by atoms with van der Waals surface area (Å²) in [5, 5.41) is 16.2. The quantitative estimate of drug-likeness (QED) is 0.200. The lowest BCUT2D eigenvalue weighted by atomic mass is 9.89. The van der Waals surface area contributed by atoms with E-state index in [1.165, 1.54) is 18.5 Å². The molecule has 10 nitrogen and oxygen atoms in total. The first-order valence-electron chi connectivity index (χ1n) is 14.0. The molecule has 1 aliphatic rings. The van der Waals surface area contributed by atoms with E-state index in [0.717, 1.165) is 16.7 Å². The lowest BCUT2D eigenvalue weighted by Crippen LogP contribution is -2.54. The molecular formula is C33H28FN5O5. The lowest BCUT2D eigenvalue weighted by Gasteiger charge is -2.39. The summed E-state index contributed by atoms with van der Waals surface area (Å²) in [6.07, 6.45) is 2.02. The molecule has 222 valence electrons. The Bertz CT molecular complexity index is 1750. The summed E-state index contributed by atoms with van der Waals surface area (Å²) in [6.45, 7) is 1.53. The van der Waals surface area contributed by atoms with Crippen LogP contribution in [0, 0.1) is 5.82 Å². The number of nitrogens with zero attached hydrogens (tertiary/aromatic N) is 4. The highest BCUT2D eigenvalue weighted by atomic mass is 19.1. The summed E-state index contributed by atoms with van der Waals surface area (Å²) in [5.74, 6) is -0.273. The van der Waals surface area contributed by atoms with Gasteiger partial charge in [-0.15, -0.1) is 0 Å². The molecule has 1 fully saturated rings. The first kappa shape index (κ1) is 28.7. The third-order valence-corrected chi connectivity index (χ3v) is 7.64. The summed E-state index contributed by atoms with van der Waals surface area (Å²) in [5.41, 5.74) is 2.56. The van der Waals surface area contributed by atoms with E-state index >= 15 is 0 Å². The molecule has 0 saturated carbocycles. The molecule has 0 spiro atoms. The second-order valence-corrected chi connectivity index (χ2v) is 10.5. The fourth-order valence-electron chi connectivity index (χ4n) is 5.27. The predicted octanol–water partition coefficient (Wildman–Crippen LogP) is 6.27. The van der Waals surface area contributed by atoms with E-state index in [2.05, 4.69) is 25.3 Å². The van der Waals surface area contributed by atoms with Gasteiger partial charge in [0.25, 0.3) is 11.8 Å². The van der Waals surface area contributed by atoms with Crippen LogP contribution in [0.3, 0.4) is 0 Å². The zero-order valence-electron chi connectivity index (χ0n) is 23.5. The average Bonchev–Trinajstić information content (AvgIpc) is 3.54. The second kappa shape index (κ2) is 12.4. The molecule has 0 atom stereocenters. The number of halogens is 1. The minimum atomic E-state index is -1.49. The Morgan fingerprint density at radius 2 is 1.64 bits per heavy atom. The van der Waals surface area contributed by atoms with Gasteiger partial charge >= 0.3 is 6.16 Å². The molecule has 5 aromatic rings. The first-order valence-corrected chi connectivity index (χ1v) is 14.0. The molecular weight excluding hydrogens is 565 g/mol. The Morgan fingerprint density at radius 1 is 0.932 bits per heavy atom. The van der Waals surface area contributed by atoms with Crippen LogP contribution < -0.4 is 5.32 Å². The fraction of sp³-hybridized carbons (Fsp3) is 0.182. The van der Waals surface area contributed by atoms with Crippen molar-refractivity contribution in [2.24, 2.45) is 0 Å². The van der Waals surface area contributed by atoms with E-state index in [1.54, 1.807) is 24.3 Å². The number of carboxylic acid groups (broad SMARTS) is 1. The van der Waals surface area contributed by atoms with Crippen molar-refractivity contribution in [1.29, 1.82) is 0 Å². The van der Waals surface area contributed by atoms with Crippen molar-refractivity contribution in [3.63, 3.8) is 0 Å².